The molecule has 0 unspecified atom stereocenters. The Bertz CT molecular complexity index is 956. The summed E-state index contributed by atoms with van der Waals surface area (Å²) in [6, 6.07) is 24.3. The van der Waals surface area contributed by atoms with Crippen LogP contribution in [0.5, 0.6) is 0 Å². The topological polar surface area (TPSA) is 18.5 Å². The normalized spacial score (nSPS) is 10.8. The summed E-state index contributed by atoms with van der Waals surface area (Å²) in [4.78, 5) is 5.17. The second-order valence-electron chi connectivity index (χ2n) is 7.25. The second kappa shape index (κ2) is 9.88. The van der Waals surface area contributed by atoms with Crippen molar-refractivity contribution in [3.8, 4) is 11.1 Å². The Hall–Kier alpha value is -2.40. The van der Waals surface area contributed by atoms with Crippen molar-refractivity contribution in [2.24, 2.45) is 0 Å². The lowest BCUT2D eigenvalue weighted by Gasteiger charge is -2.26. The molecule has 5 heteroatoms. The van der Waals surface area contributed by atoms with E-state index in [0.29, 0.717) is 10.0 Å². The molecule has 3 aromatic carbocycles. The molecule has 0 bridgehead atoms. The van der Waals surface area contributed by atoms with Crippen LogP contribution in [-0.2, 0) is 0 Å². The molecular weight excluding hydrogens is 398 g/mol. The maximum atomic E-state index is 6.01. The number of nitrogens with one attached hydrogen (secondary N) is 1. The van der Waals surface area contributed by atoms with E-state index in [2.05, 4.69) is 78.7 Å². The van der Waals surface area contributed by atoms with Gasteiger partial charge in [-0.3, -0.25) is 0 Å². The van der Waals surface area contributed by atoms with Crippen molar-refractivity contribution in [1.29, 1.82) is 0 Å². The minimum Gasteiger partial charge on any atom is -0.373 e. The molecule has 0 aliphatic heterocycles. The molecular formula is C24H26ClN3S. The summed E-state index contributed by atoms with van der Waals surface area (Å²) in [5, 5.41) is 4.06. The summed E-state index contributed by atoms with van der Waals surface area (Å²) in [6.07, 6.45) is 0. The van der Waals surface area contributed by atoms with Gasteiger partial charge in [-0.2, -0.15) is 0 Å². The molecule has 150 valence electrons. The van der Waals surface area contributed by atoms with Gasteiger partial charge in [0.25, 0.3) is 0 Å². The van der Waals surface area contributed by atoms with Crippen molar-refractivity contribution in [1.82, 2.24) is 4.90 Å². The summed E-state index contributed by atoms with van der Waals surface area (Å²) in [7, 11) is 6.31. The molecule has 29 heavy (non-hydrogen) atoms. The zero-order chi connectivity index (χ0) is 20.8. The molecule has 0 amide bonds. The Morgan fingerprint density at radius 2 is 1.55 bits per heavy atom. The molecule has 0 aliphatic rings. The van der Waals surface area contributed by atoms with E-state index in [1.54, 1.807) is 0 Å². The summed E-state index contributed by atoms with van der Waals surface area (Å²) in [5.74, 6) is 0. The van der Waals surface area contributed by atoms with Gasteiger partial charge in [0, 0.05) is 47.7 Å². The Kier molecular flexibility index (Phi) is 7.26. The van der Waals surface area contributed by atoms with Gasteiger partial charge in [-0.1, -0.05) is 66.3 Å². The van der Waals surface area contributed by atoms with Crippen LogP contribution in [0.25, 0.3) is 11.1 Å². The van der Waals surface area contributed by atoms with E-state index in [4.69, 9.17) is 23.8 Å². The number of halogens is 1. The number of thiocarbonyl (C=S) groups is 1. The van der Waals surface area contributed by atoms with E-state index < -0.39 is 0 Å². The molecule has 0 aliphatic carbocycles. The number of hydrogen-bond acceptors (Lipinski definition) is 3. The van der Waals surface area contributed by atoms with E-state index in [0.717, 1.165) is 41.2 Å². The minimum absolute atomic E-state index is 0.689. The first-order chi connectivity index (χ1) is 14.0. The van der Waals surface area contributed by atoms with Crippen LogP contribution in [0.4, 0.5) is 11.4 Å². The van der Waals surface area contributed by atoms with Crippen LogP contribution >= 0.6 is 23.8 Å². The van der Waals surface area contributed by atoms with Crippen LogP contribution < -0.4 is 10.2 Å². The van der Waals surface area contributed by atoms with E-state index in [9.17, 15) is 0 Å². The fourth-order valence-electron chi connectivity index (χ4n) is 3.16. The lowest BCUT2D eigenvalue weighted by molar-refractivity contribution is 0.416. The van der Waals surface area contributed by atoms with Gasteiger partial charge >= 0.3 is 0 Å². The van der Waals surface area contributed by atoms with Gasteiger partial charge in [0.05, 0.1) is 0 Å². The smallest absolute Gasteiger partial charge is 0.111 e. The third kappa shape index (κ3) is 5.57. The van der Waals surface area contributed by atoms with Crippen LogP contribution in [0.1, 0.15) is 5.56 Å². The monoisotopic (exact) mass is 423 g/mol. The summed E-state index contributed by atoms with van der Waals surface area (Å²) in [6.45, 7) is 1.90. The van der Waals surface area contributed by atoms with Crippen LogP contribution in [0.2, 0.25) is 5.02 Å². The van der Waals surface area contributed by atoms with Gasteiger partial charge in [0.1, 0.15) is 4.99 Å². The quantitative estimate of drug-likeness (QED) is 0.484. The average molecular weight is 424 g/mol. The maximum absolute atomic E-state index is 6.01. The number of nitrogens with zero attached hydrogens (tertiary/aromatic N) is 2. The Balaban J connectivity index is 2.00. The largest absolute Gasteiger partial charge is 0.373 e. The highest BCUT2D eigenvalue weighted by Gasteiger charge is 2.17. The first-order valence-corrected chi connectivity index (χ1v) is 10.4. The van der Waals surface area contributed by atoms with Crippen LogP contribution in [0.15, 0.2) is 72.8 Å². The molecule has 0 radical (unpaired) electrons. The first-order valence-electron chi connectivity index (χ1n) is 9.57. The lowest BCUT2D eigenvalue weighted by atomic mass is 9.96. The van der Waals surface area contributed by atoms with Crippen LogP contribution in [0.3, 0.4) is 0 Å². The lowest BCUT2D eigenvalue weighted by Crippen LogP contribution is -2.29. The van der Waals surface area contributed by atoms with Crippen molar-refractivity contribution < 1.29 is 0 Å². The molecule has 3 rings (SSSR count). The number of benzene rings is 3. The summed E-state index contributed by atoms with van der Waals surface area (Å²) < 4.78 is 0. The molecule has 0 atom stereocenters. The highest BCUT2D eigenvalue weighted by atomic mass is 35.5. The fourth-order valence-corrected chi connectivity index (χ4v) is 3.57. The molecule has 0 aromatic heterocycles. The highest BCUT2D eigenvalue weighted by Crippen LogP contribution is 2.34. The van der Waals surface area contributed by atoms with Gasteiger partial charge < -0.3 is 15.1 Å². The van der Waals surface area contributed by atoms with Crippen molar-refractivity contribution in [3.63, 3.8) is 0 Å². The molecule has 3 nitrogen and oxygen atoms in total. The van der Waals surface area contributed by atoms with E-state index >= 15 is 0 Å². The predicted octanol–water partition coefficient (Wildman–Crippen LogP) is 5.79. The zero-order valence-corrected chi connectivity index (χ0v) is 18.6. The second-order valence-corrected chi connectivity index (χ2v) is 8.10. The van der Waals surface area contributed by atoms with Crippen molar-refractivity contribution in [2.45, 2.75) is 0 Å². The Morgan fingerprint density at radius 3 is 2.21 bits per heavy atom. The average Bonchev–Trinajstić information content (AvgIpc) is 2.73. The van der Waals surface area contributed by atoms with E-state index in [1.165, 1.54) is 0 Å². The SMILES string of the molecule is CN(C)CCN(C)c1cccc(C(=S)Nc2ccc(Cl)cc2)c1-c1ccccc1. The van der Waals surface area contributed by atoms with E-state index in [-0.39, 0.29) is 0 Å². The minimum atomic E-state index is 0.689. The van der Waals surface area contributed by atoms with Gasteiger partial charge in [-0.05, 0) is 50.0 Å². The third-order valence-corrected chi connectivity index (χ3v) is 5.32. The molecule has 0 spiro atoms. The van der Waals surface area contributed by atoms with Crippen LogP contribution in [0, 0.1) is 0 Å². The number of hydrogen-bond donors (Lipinski definition) is 1. The zero-order valence-electron chi connectivity index (χ0n) is 17.0. The van der Waals surface area contributed by atoms with Crippen molar-refractivity contribution >= 4 is 40.2 Å². The molecule has 0 saturated heterocycles. The first kappa shape index (κ1) is 21.3. The van der Waals surface area contributed by atoms with Gasteiger partial charge in [-0.25, -0.2) is 0 Å². The molecule has 3 aromatic rings. The summed E-state index contributed by atoms with van der Waals surface area (Å²) in [5.41, 5.74) is 5.38. The maximum Gasteiger partial charge on any atom is 0.111 e. The van der Waals surface area contributed by atoms with Gasteiger partial charge in [0.15, 0.2) is 0 Å². The highest BCUT2D eigenvalue weighted by molar-refractivity contribution is 7.81. The van der Waals surface area contributed by atoms with Gasteiger partial charge in [0.2, 0.25) is 0 Å². The number of likely N-dealkylation sites (N-methyl/N-ethyl adjacent to an activating group) is 2. The predicted molar refractivity (Wildman–Crippen MR) is 130 cm³/mol. The number of rotatable bonds is 7. The molecule has 0 heterocycles. The van der Waals surface area contributed by atoms with Crippen molar-refractivity contribution in [2.75, 3.05) is 44.4 Å². The summed E-state index contributed by atoms with van der Waals surface area (Å²) >= 11 is 11.8. The van der Waals surface area contributed by atoms with Gasteiger partial charge in [-0.15, -0.1) is 0 Å². The Morgan fingerprint density at radius 1 is 0.862 bits per heavy atom. The standard InChI is InChI=1S/C24H26ClN3S/c1-27(2)16-17-28(3)22-11-7-10-21(23(22)18-8-5-4-6-9-18)24(29)26-20-14-12-19(25)13-15-20/h4-15H,16-17H2,1-3H3,(H,26,29). The number of anilines is 2. The third-order valence-electron chi connectivity index (χ3n) is 4.75. The van der Waals surface area contributed by atoms with E-state index in [1.807, 2.05) is 30.3 Å². The van der Waals surface area contributed by atoms with Crippen molar-refractivity contribution in [3.05, 3.63) is 83.4 Å². The fraction of sp³-hybridized carbons (Fsp3) is 0.208. The molecule has 1 N–H and O–H groups in total. The molecule has 0 fully saturated rings. The van der Waals surface area contributed by atoms with Crippen LogP contribution in [-0.4, -0.2) is 44.1 Å². The Labute approximate surface area is 183 Å². The molecule has 0 saturated carbocycles.